The molecule has 0 saturated heterocycles. The molecule has 0 aromatic rings. The van der Waals surface area contributed by atoms with Crippen LogP contribution in [-0.2, 0) is 26.0 Å². The molecule has 0 spiro atoms. The first-order valence-corrected chi connectivity index (χ1v) is 3.13. The van der Waals surface area contributed by atoms with E-state index in [2.05, 4.69) is 21.0 Å². The molecule has 0 fully saturated rings. The SMILES string of the molecule is O=S(=O)(O)O.[CH2]=[Fe]. The van der Waals surface area contributed by atoms with Crippen molar-refractivity contribution in [2.75, 3.05) is 0 Å². The van der Waals surface area contributed by atoms with Crippen LogP contribution in [0.3, 0.4) is 0 Å². The Kier molecular flexibility index (Phi) is 6.49. The van der Waals surface area contributed by atoms with Gasteiger partial charge in [-0.25, -0.2) is 0 Å². The molecule has 0 aliphatic heterocycles. The Morgan fingerprint density at radius 3 is 1.29 bits per heavy atom. The number of rotatable bonds is 0. The molecular formula is CH4FeO4S. The van der Waals surface area contributed by atoms with Crippen LogP contribution < -0.4 is 0 Å². The molecule has 4 nitrogen and oxygen atoms in total. The fraction of sp³-hybridized carbons (Fsp3) is 0. The fourth-order valence-corrected chi connectivity index (χ4v) is 0. The van der Waals surface area contributed by atoms with E-state index >= 15 is 0 Å². The van der Waals surface area contributed by atoms with E-state index in [1.807, 2.05) is 0 Å². The third kappa shape index (κ3) is 1690. The predicted molar refractivity (Wildman–Crippen MR) is 21.3 cm³/mol. The summed E-state index contributed by atoms with van der Waals surface area (Å²) in [7, 11) is -4.67. The van der Waals surface area contributed by atoms with Crippen LogP contribution in [0, 0.1) is 0 Å². The molecule has 0 saturated carbocycles. The van der Waals surface area contributed by atoms with E-state index in [0.29, 0.717) is 0 Å². The van der Waals surface area contributed by atoms with Gasteiger partial charge in [0.25, 0.3) is 0 Å². The van der Waals surface area contributed by atoms with Gasteiger partial charge in [0.05, 0.1) is 0 Å². The summed E-state index contributed by atoms with van der Waals surface area (Å²) < 4.78 is 31.6. The van der Waals surface area contributed by atoms with Gasteiger partial charge in [0.2, 0.25) is 0 Å². The molecule has 0 rings (SSSR count). The van der Waals surface area contributed by atoms with Crippen molar-refractivity contribution in [1.29, 1.82) is 0 Å². The van der Waals surface area contributed by atoms with Gasteiger partial charge in [-0.1, -0.05) is 0 Å². The van der Waals surface area contributed by atoms with Crippen molar-refractivity contribution in [1.82, 2.24) is 0 Å². The molecule has 46 valence electrons. The first kappa shape index (κ1) is 10.3. The quantitative estimate of drug-likeness (QED) is 0.371. The second-order valence-electron chi connectivity index (χ2n) is 0.448. The van der Waals surface area contributed by atoms with E-state index < -0.39 is 10.4 Å². The van der Waals surface area contributed by atoms with Gasteiger partial charge in [-0.15, -0.1) is 0 Å². The van der Waals surface area contributed by atoms with Crippen molar-refractivity contribution in [2.45, 2.75) is 0 Å². The van der Waals surface area contributed by atoms with Gasteiger partial charge in [0.15, 0.2) is 0 Å². The molecule has 0 atom stereocenters. The van der Waals surface area contributed by atoms with Gasteiger partial charge < -0.3 is 0 Å². The summed E-state index contributed by atoms with van der Waals surface area (Å²) in [6, 6.07) is 0. The molecule has 7 heavy (non-hydrogen) atoms. The Bertz CT molecular complexity index is 106. The van der Waals surface area contributed by atoms with Gasteiger partial charge in [-0.2, -0.15) is 8.42 Å². The Hall–Kier alpha value is 0.259. The van der Waals surface area contributed by atoms with E-state index in [1.165, 1.54) is 0 Å². The second kappa shape index (κ2) is 4.42. The summed E-state index contributed by atoms with van der Waals surface area (Å²) in [5.41, 5.74) is 3.00. The summed E-state index contributed by atoms with van der Waals surface area (Å²) in [6.07, 6.45) is 0. The zero-order chi connectivity index (χ0) is 6.50. The zero-order valence-electron chi connectivity index (χ0n) is 3.18. The first-order chi connectivity index (χ1) is 3.00. The van der Waals surface area contributed by atoms with Gasteiger partial charge in [0.1, 0.15) is 0 Å². The Labute approximate surface area is 49.5 Å². The van der Waals surface area contributed by atoms with Crippen LogP contribution in [0.1, 0.15) is 0 Å². The molecule has 0 heterocycles. The van der Waals surface area contributed by atoms with Crippen molar-refractivity contribution in [3.63, 3.8) is 0 Å². The summed E-state index contributed by atoms with van der Waals surface area (Å²) in [4.78, 5) is 0. The van der Waals surface area contributed by atoms with Gasteiger partial charge in [-0.3, -0.25) is 9.11 Å². The Balaban J connectivity index is 0. The van der Waals surface area contributed by atoms with E-state index in [4.69, 9.17) is 17.5 Å². The number of hydrogen-bond donors (Lipinski definition) is 2. The molecule has 6 heteroatoms. The average Bonchev–Trinajstić information content (AvgIpc) is 1.36. The standard InChI is InChI=1S/CH2.Fe.H2O4S/c;;1-5(2,3)4/h1H2;;(H2,1,2,3,4). The van der Waals surface area contributed by atoms with Crippen molar-refractivity contribution in [3.8, 4) is 0 Å². The van der Waals surface area contributed by atoms with Crippen LogP contribution >= 0.6 is 0 Å². The zero-order valence-corrected chi connectivity index (χ0v) is 5.10. The van der Waals surface area contributed by atoms with Crippen molar-refractivity contribution in [3.05, 3.63) is 0 Å². The summed E-state index contributed by atoms with van der Waals surface area (Å²) in [5, 5.41) is 0. The second-order valence-corrected chi connectivity index (χ2v) is 1.34. The van der Waals surface area contributed by atoms with Crippen molar-refractivity contribution in [2.24, 2.45) is 0 Å². The molecule has 2 N–H and O–H groups in total. The van der Waals surface area contributed by atoms with Gasteiger partial charge in [0, 0.05) is 0 Å². The maximum absolute atomic E-state index is 8.74. The van der Waals surface area contributed by atoms with Crippen LogP contribution in [0.5, 0.6) is 0 Å². The Morgan fingerprint density at radius 1 is 1.29 bits per heavy atom. The predicted octanol–water partition coefficient (Wildman–Crippen LogP) is -0.688. The average molecular weight is 168 g/mol. The first-order valence-electron chi connectivity index (χ1n) is 0.948. The van der Waals surface area contributed by atoms with Crippen LogP contribution in [0.15, 0.2) is 0 Å². The summed E-state index contributed by atoms with van der Waals surface area (Å²) >= 11 is 3.00. The van der Waals surface area contributed by atoms with Crippen LogP contribution in [0.4, 0.5) is 0 Å². The summed E-state index contributed by atoms with van der Waals surface area (Å²) in [6.45, 7) is 0. The third-order valence-electron chi connectivity index (χ3n) is 0. The van der Waals surface area contributed by atoms with Gasteiger partial charge >= 0.3 is 31.4 Å². The van der Waals surface area contributed by atoms with E-state index in [0.717, 1.165) is 0 Å². The molecule has 0 radical (unpaired) electrons. The van der Waals surface area contributed by atoms with Crippen LogP contribution in [-0.4, -0.2) is 22.9 Å². The van der Waals surface area contributed by atoms with Crippen molar-refractivity contribution < 1.29 is 33.1 Å². The topological polar surface area (TPSA) is 74.6 Å². The molecule has 0 unspecified atom stereocenters. The molecule has 0 aromatic carbocycles. The Morgan fingerprint density at radius 2 is 1.29 bits per heavy atom. The van der Waals surface area contributed by atoms with Crippen molar-refractivity contribution >= 4 is 15.8 Å². The van der Waals surface area contributed by atoms with Crippen LogP contribution in [0.2, 0.25) is 0 Å². The molecule has 0 aromatic heterocycles. The minimum atomic E-state index is -4.67. The normalized spacial score (nSPS) is 9.00. The monoisotopic (exact) mass is 168 g/mol. The molecule has 0 amide bonds. The van der Waals surface area contributed by atoms with Gasteiger partial charge in [-0.05, 0) is 0 Å². The van der Waals surface area contributed by atoms with E-state index in [-0.39, 0.29) is 0 Å². The molecule has 0 bridgehead atoms. The molecule has 0 aliphatic carbocycles. The van der Waals surface area contributed by atoms with E-state index in [1.54, 1.807) is 0 Å². The minimum absolute atomic E-state index is 3.00. The fourth-order valence-electron chi connectivity index (χ4n) is 0. The van der Waals surface area contributed by atoms with E-state index in [9.17, 15) is 0 Å². The third-order valence-corrected chi connectivity index (χ3v) is 0. The molecular weight excluding hydrogens is 164 g/mol. The maximum atomic E-state index is 8.74. The number of hydrogen-bond acceptors (Lipinski definition) is 2. The summed E-state index contributed by atoms with van der Waals surface area (Å²) in [5.74, 6) is 0. The van der Waals surface area contributed by atoms with Crippen LogP contribution in [0.25, 0.3) is 0 Å². The molecule has 0 aliphatic rings.